The number of carbonyl (C=O) groups is 2. The molecule has 2 aromatic rings. The van der Waals surface area contributed by atoms with E-state index < -0.39 is 29.3 Å². The van der Waals surface area contributed by atoms with Crippen molar-refractivity contribution in [2.75, 3.05) is 20.2 Å². The first-order valence-electron chi connectivity index (χ1n) is 9.07. The van der Waals surface area contributed by atoms with Gasteiger partial charge in [0.15, 0.2) is 5.69 Å². The van der Waals surface area contributed by atoms with Crippen LogP contribution in [0.3, 0.4) is 0 Å². The number of thiazole rings is 1. The van der Waals surface area contributed by atoms with Gasteiger partial charge in [0.1, 0.15) is 10.6 Å². The molecule has 0 radical (unpaired) electrons. The molecule has 1 unspecified atom stereocenters. The van der Waals surface area contributed by atoms with Gasteiger partial charge in [0, 0.05) is 11.6 Å². The third kappa shape index (κ3) is 4.85. The molecule has 2 N–H and O–H groups in total. The van der Waals surface area contributed by atoms with E-state index in [0.717, 1.165) is 4.90 Å². The number of amides is 1. The van der Waals surface area contributed by atoms with Crippen LogP contribution in [0.1, 0.15) is 34.5 Å². The van der Waals surface area contributed by atoms with Gasteiger partial charge in [0.2, 0.25) is 5.60 Å². The Morgan fingerprint density at radius 2 is 2.03 bits per heavy atom. The molecule has 170 valence electrons. The molecule has 1 amide bonds. The number of likely N-dealkylation sites (tertiary alicyclic amines) is 1. The van der Waals surface area contributed by atoms with Crippen LogP contribution in [0.2, 0.25) is 0 Å². The Labute approximate surface area is 178 Å². The Morgan fingerprint density at radius 3 is 2.65 bits per heavy atom. The first-order chi connectivity index (χ1) is 14.3. The Morgan fingerprint density at radius 1 is 1.35 bits per heavy atom. The predicted molar refractivity (Wildman–Crippen MR) is 99.1 cm³/mol. The zero-order valence-electron chi connectivity index (χ0n) is 16.6. The maximum atomic E-state index is 12.8. The molecule has 0 spiro atoms. The molecule has 31 heavy (non-hydrogen) atoms. The fraction of sp³-hybridized carbons (Fsp3) is 0.588. The van der Waals surface area contributed by atoms with Crippen LogP contribution in [0.4, 0.5) is 13.2 Å². The number of rotatable bonds is 7. The lowest BCUT2D eigenvalue weighted by Crippen LogP contribution is -2.69. The second kappa shape index (κ2) is 8.16. The molecule has 0 bridgehead atoms. The van der Waals surface area contributed by atoms with E-state index in [9.17, 15) is 33.0 Å². The zero-order chi connectivity index (χ0) is 23.0. The van der Waals surface area contributed by atoms with Gasteiger partial charge in [-0.3, -0.25) is 4.79 Å². The summed E-state index contributed by atoms with van der Waals surface area (Å²) in [5.74, 6) is -2.04. The summed E-state index contributed by atoms with van der Waals surface area (Å²) in [7, 11) is 1.26. The zero-order valence-corrected chi connectivity index (χ0v) is 17.4. The van der Waals surface area contributed by atoms with Crippen LogP contribution in [0.25, 0.3) is 0 Å². The van der Waals surface area contributed by atoms with Crippen molar-refractivity contribution in [3.05, 3.63) is 28.0 Å². The maximum Gasteiger partial charge on any atom is 0.426 e. The Bertz CT molecular complexity index is 968. The lowest BCUT2D eigenvalue weighted by atomic mass is 9.86. The van der Waals surface area contributed by atoms with Gasteiger partial charge in [0.25, 0.3) is 5.91 Å². The number of aryl methyl sites for hydroxylation is 1. The van der Waals surface area contributed by atoms with Crippen LogP contribution in [-0.2, 0) is 22.5 Å². The van der Waals surface area contributed by atoms with Gasteiger partial charge in [0.05, 0.1) is 32.4 Å². The van der Waals surface area contributed by atoms with Crippen LogP contribution in [0.5, 0.6) is 0 Å². The second-order valence-corrected chi connectivity index (χ2v) is 8.42. The van der Waals surface area contributed by atoms with E-state index in [0.29, 0.717) is 17.6 Å². The highest BCUT2D eigenvalue weighted by Crippen LogP contribution is 2.35. The number of methoxy groups -OCH3 is 1. The Balaban J connectivity index is 1.50. The van der Waals surface area contributed by atoms with Crippen molar-refractivity contribution in [1.29, 1.82) is 0 Å². The molecule has 1 aliphatic rings. The second-order valence-electron chi connectivity index (χ2n) is 7.48. The van der Waals surface area contributed by atoms with Gasteiger partial charge in [-0.2, -0.15) is 13.2 Å². The molecule has 10 nitrogen and oxygen atoms in total. The molecule has 3 heterocycles. The van der Waals surface area contributed by atoms with Crippen LogP contribution < -0.4 is 0 Å². The highest BCUT2D eigenvalue weighted by molar-refractivity contribution is 7.09. The van der Waals surface area contributed by atoms with E-state index >= 15 is 0 Å². The van der Waals surface area contributed by atoms with E-state index in [2.05, 4.69) is 20.0 Å². The number of β-amino-alcohol motifs (C(OH)–C–C–N with tert-alkyl or cyclic N) is 1. The van der Waals surface area contributed by atoms with Crippen LogP contribution in [-0.4, -0.2) is 84.5 Å². The number of aromatic nitrogens is 4. The van der Waals surface area contributed by atoms with Gasteiger partial charge < -0.3 is 19.8 Å². The first kappa shape index (κ1) is 23.1. The molecule has 1 saturated heterocycles. The minimum Gasteiger partial charge on any atom is -0.464 e. The number of nitrogens with zero attached hydrogens (tertiary/aromatic N) is 5. The summed E-state index contributed by atoms with van der Waals surface area (Å²) in [4.78, 5) is 28.2. The summed E-state index contributed by atoms with van der Waals surface area (Å²) in [6, 6.07) is 0. The fourth-order valence-corrected chi connectivity index (χ4v) is 3.76. The normalized spacial score (nSPS) is 17.7. The molecule has 0 saturated carbocycles. The van der Waals surface area contributed by atoms with E-state index in [-0.39, 0.29) is 38.2 Å². The average molecular weight is 463 g/mol. The number of aliphatic hydroxyl groups is 2. The van der Waals surface area contributed by atoms with Crippen molar-refractivity contribution >= 4 is 23.2 Å². The molecular weight excluding hydrogens is 443 g/mol. The summed E-state index contributed by atoms with van der Waals surface area (Å²) >= 11 is 1.26. The maximum absolute atomic E-state index is 12.8. The van der Waals surface area contributed by atoms with E-state index in [4.69, 9.17) is 0 Å². The smallest absolute Gasteiger partial charge is 0.426 e. The number of hydrogen-bond acceptors (Lipinski definition) is 9. The number of carbonyl (C=O) groups excluding carboxylic acids is 2. The third-order valence-electron chi connectivity index (χ3n) is 4.90. The lowest BCUT2D eigenvalue weighted by Gasteiger charge is -2.48. The predicted octanol–water partition coefficient (Wildman–Crippen LogP) is 0.389. The molecular formula is C17H20F3N5O5S. The van der Waals surface area contributed by atoms with Crippen LogP contribution >= 0.6 is 11.3 Å². The third-order valence-corrected chi connectivity index (χ3v) is 5.74. The van der Waals surface area contributed by atoms with Crippen molar-refractivity contribution in [1.82, 2.24) is 24.9 Å². The summed E-state index contributed by atoms with van der Waals surface area (Å²) in [5, 5.41) is 30.0. The summed E-state index contributed by atoms with van der Waals surface area (Å²) in [6.07, 6.45) is -3.06. The van der Waals surface area contributed by atoms with Crippen LogP contribution in [0.15, 0.2) is 11.6 Å². The van der Waals surface area contributed by atoms with Crippen molar-refractivity contribution in [3.8, 4) is 0 Å². The van der Waals surface area contributed by atoms with E-state index in [1.807, 2.05) is 0 Å². The number of alkyl halides is 3. The minimum atomic E-state index is -5.11. The molecule has 1 aliphatic heterocycles. The number of esters is 1. The summed E-state index contributed by atoms with van der Waals surface area (Å²) in [5.41, 5.74) is -4.14. The van der Waals surface area contributed by atoms with Gasteiger partial charge >= 0.3 is 12.1 Å². The SMILES string of the molecule is COC(=O)c1csc(Cn2cc(CCC3(O)CN(C(=O)C(C)(O)C(F)(F)F)C3)nn2)n1. The summed E-state index contributed by atoms with van der Waals surface area (Å²) in [6.45, 7) is 0.0264. The summed E-state index contributed by atoms with van der Waals surface area (Å²) < 4.78 is 44.4. The van der Waals surface area contributed by atoms with Gasteiger partial charge in [-0.25, -0.2) is 14.5 Å². The quantitative estimate of drug-likeness (QED) is 0.564. The average Bonchev–Trinajstić information content (AvgIpc) is 3.32. The van der Waals surface area contributed by atoms with E-state index in [1.54, 1.807) is 11.6 Å². The molecule has 3 rings (SSSR count). The van der Waals surface area contributed by atoms with Crippen molar-refractivity contribution in [2.24, 2.45) is 0 Å². The highest BCUT2D eigenvalue weighted by Gasteiger charge is 2.59. The molecule has 2 aromatic heterocycles. The van der Waals surface area contributed by atoms with Crippen molar-refractivity contribution in [2.45, 2.75) is 43.7 Å². The van der Waals surface area contributed by atoms with Gasteiger partial charge in [-0.05, 0) is 19.8 Å². The number of ether oxygens (including phenoxy) is 1. The number of halogens is 3. The molecule has 0 aliphatic carbocycles. The monoisotopic (exact) mass is 463 g/mol. The van der Waals surface area contributed by atoms with Gasteiger partial charge in [-0.1, -0.05) is 5.21 Å². The largest absolute Gasteiger partial charge is 0.464 e. The Hall–Kier alpha value is -2.58. The number of hydrogen-bond donors (Lipinski definition) is 2. The lowest BCUT2D eigenvalue weighted by molar-refractivity contribution is -0.256. The van der Waals surface area contributed by atoms with Crippen molar-refractivity contribution < 1.29 is 37.7 Å². The molecule has 1 fully saturated rings. The van der Waals surface area contributed by atoms with Gasteiger partial charge in [-0.15, -0.1) is 16.4 Å². The molecule has 0 aromatic carbocycles. The minimum absolute atomic E-state index is 0.146. The molecule has 1 atom stereocenters. The Kier molecular flexibility index (Phi) is 6.08. The van der Waals surface area contributed by atoms with E-state index in [1.165, 1.54) is 23.1 Å². The topological polar surface area (TPSA) is 131 Å². The fourth-order valence-electron chi connectivity index (χ4n) is 3.01. The highest BCUT2D eigenvalue weighted by atomic mass is 32.1. The molecule has 14 heteroatoms. The standard InChI is InChI=1S/C17H20F3N5O5S/c1-15(28,17(18,19)20)14(27)24-8-16(29,9-24)4-3-10-5-25(23-22-10)6-12-21-11(7-31-12)13(26)30-2/h5,7,28-29H,3-4,6,8-9H2,1-2H3. The first-order valence-corrected chi connectivity index (χ1v) is 9.95. The van der Waals surface area contributed by atoms with Crippen molar-refractivity contribution in [3.63, 3.8) is 0 Å². The van der Waals surface area contributed by atoms with Crippen LogP contribution in [0, 0.1) is 0 Å².